The fourth-order valence-corrected chi connectivity index (χ4v) is 2.62. The third-order valence-electron chi connectivity index (χ3n) is 4.00. The molecule has 0 bridgehead atoms. The van der Waals surface area contributed by atoms with Crippen molar-refractivity contribution in [3.05, 3.63) is 48.5 Å². The molecule has 0 aromatic heterocycles. The maximum Gasteiger partial charge on any atom is 0.260 e. The lowest BCUT2D eigenvalue weighted by Gasteiger charge is -2.21. The molecule has 0 saturated heterocycles. The monoisotopic (exact) mass is 370 g/mol. The van der Waals surface area contributed by atoms with Gasteiger partial charge in [-0.2, -0.15) is 0 Å². The van der Waals surface area contributed by atoms with E-state index in [2.05, 4.69) is 5.32 Å². The zero-order valence-electron chi connectivity index (χ0n) is 15.1. The van der Waals surface area contributed by atoms with Gasteiger partial charge in [0.25, 0.3) is 5.91 Å². The van der Waals surface area contributed by atoms with Crippen molar-refractivity contribution in [2.45, 2.75) is 6.92 Å². The van der Waals surface area contributed by atoms with Gasteiger partial charge in [-0.1, -0.05) is 18.2 Å². The summed E-state index contributed by atoms with van der Waals surface area (Å²) in [4.78, 5) is 26.1. The maximum absolute atomic E-state index is 12.3. The lowest BCUT2D eigenvalue weighted by atomic mass is 10.2. The van der Waals surface area contributed by atoms with Crippen molar-refractivity contribution < 1.29 is 23.8 Å². The molecule has 0 unspecified atom stereocenters. The smallest absolute Gasteiger partial charge is 0.260 e. The predicted octanol–water partition coefficient (Wildman–Crippen LogP) is 2.32. The molecular weight excluding hydrogens is 348 g/mol. The highest BCUT2D eigenvalue weighted by Gasteiger charge is 2.17. The lowest BCUT2D eigenvalue weighted by Crippen LogP contribution is -2.40. The number of fused-ring (bicyclic) bond motifs is 1. The number of nitrogens with one attached hydrogen (secondary N) is 1. The highest BCUT2D eigenvalue weighted by atomic mass is 16.6. The van der Waals surface area contributed by atoms with Crippen molar-refractivity contribution in [1.82, 2.24) is 4.90 Å². The van der Waals surface area contributed by atoms with E-state index in [1.807, 2.05) is 25.1 Å². The Morgan fingerprint density at radius 3 is 2.56 bits per heavy atom. The molecule has 1 aliphatic heterocycles. The van der Waals surface area contributed by atoms with Crippen molar-refractivity contribution in [2.75, 3.05) is 38.2 Å². The van der Waals surface area contributed by atoms with E-state index < -0.39 is 0 Å². The SMILES string of the molecule is CCN(CC(=O)Nc1ccc2c(c1)OCCO2)C(=O)COc1ccccc1. The summed E-state index contributed by atoms with van der Waals surface area (Å²) >= 11 is 0. The maximum atomic E-state index is 12.3. The number of hydrogen-bond acceptors (Lipinski definition) is 5. The number of hydrogen-bond donors (Lipinski definition) is 1. The molecule has 2 aromatic rings. The number of nitrogens with zero attached hydrogens (tertiary/aromatic N) is 1. The summed E-state index contributed by atoms with van der Waals surface area (Å²) in [6.07, 6.45) is 0. The van der Waals surface area contributed by atoms with Gasteiger partial charge in [0.15, 0.2) is 18.1 Å². The van der Waals surface area contributed by atoms with Crippen LogP contribution in [0.1, 0.15) is 6.92 Å². The molecule has 142 valence electrons. The number of amides is 2. The van der Waals surface area contributed by atoms with Crippen molar-refractivity contribution >= 4 is 17.5 Å². The van der Waals surface area contributed by atoms with Crippen LogP contribution in [0.4, 0.5) is 5.69 Å². The van der Waals surface area contributed by atoms with Gasteiger partial charge in [-0.05, 0) is 31.2 Å². The molecule has 0 aliphatic carbocycles. The first kappa shape index (κ1) is 18.6. The van der Waals surface area contributed by atoms with Crippen LogP contribution in [0.25, 0.3) is 0 Å². The first-order valence-electron chi connectivity index (χ1n) is 8.81. The van der Waals surface area contributed by atoms with Gasteiger partial charge in [-0.3, -0.25) is 9.59 Å². The number of benzene rings is 2. The minimum absolute atomic E-state index is 0.0536. The van der Waals surface area contributed by atoms with Crippen LogP contribution in [-0.4, -0.2) is 49.6 Å². The van der Waals surface area contributed by atoms with E-state index in [1.54, 1.807) is 30.3 Å². The largest absolute Gasteiger partial charge is 0.486 e. The average Bonchev–Trinajstić information content (AvgIpc) is 2.71. The molecule has 2 aromatic carbocycles. The number of ether oxygens (including phenoxy) is 3. The van der Waals surface area contributed by atoms with E-state index in [4.69, 9.17) is 14.2 Å². The van der Waals surface area contributed by atoms with E-state index >= 15 is 0 Å². The minimum atomic E-state index is -0.290. The molecule has 2 amide bonds. The summed E-state index contributed by atoms with van der Waals surface area (Å²) in [5.74, 6) is 1.32. The fraction of sp³-hybridized carbons (Fsp3) is 0.300. The zero-order chi connectivity index (χ0) is 19.1. The molecule has 7 nitrogen and oxygen atoms in total. The number of anilines is 1. The Hall–Kier alpha value is -3.22. The topological polar surface area (TPSA) is 77.1 Å². The number of carbonyl (C=O) groups excluding carboxylic acids is 2. The van der Waals surface area contributed by atoms with Gasteiger partial charge in [0.1, 0.15) is 19.0 Å². The Labute approximate surface area is 157 Å². The van der Waals surface area contributed by atoms with E-state index in [0.29, 0.717) is 42.7 Å². The molecule has 1 N–H and O–H groups in total. The highest BCUT2D eigenvalue weighted by molar-refractivity contribution is 5.95. The van der Waals surface area contributed by atoms with Crippen molar-refractivity contribution in [1.29, 1.82) is 0 Å². The summed E-state index contributed by atoms with van der Waals surface area (Å²) in [5, 5.41) is 2.78. The van der Waals surface area contributed by atoms with Crippen LogP contribution in [0.15, 0.2) is 48.5 Å². The Morgan fingerprint density at radius 2 is 1.81 bits per heavy atom. The Balaban J connectivity index is 1.52. The molecule has 7 heteroatoms. The van der Waals surface area contributed by atoms with E-state index in [1.165, 1.54) is 4.90 Å². The number of likely N-dealkylation sites (N-methyl/N-ethyl adjacent to an activating group) is 1. The number of carbonyl (C=O) groups is 2. The van der Waals surface area contributed by atoms with Crippen LogP contribution in [0.2, 0.25) is 0 Å². The predicted molar refractivity (Wildman–Crippen MR) is 100 cm³/mol. The van der Waals surface area contributed by atoms with Gasteiger partial charge < -0.3 is 24.4 Å². The Morgan fingerprint density at radius 1 is 1.07 bits per heavy atom. The lowest BCUT2D eigenvalue weighted by molar-refractivity contribution is -0.136. The van der Waals surface area contributed by atoms with E-state index in [0.717, 1.165) is 0 Å². The molecule has 1 aliphatic rings. The molecule has 0 saturated carbocycles. The molecular formula is C20H22N2O5. The number of rotatable bonds is 7. The molecule has 0 spiro atoms. The van der Waals surface area contributed by atoms with Gasteiger partial charge in [0, 0.05) is 18.3 Å². The summed E-state index contributed by atoms with van der Waals surface area (Å²) in [7, 11) is 0. The zero-order valence-corrected chi connectivity index (χ0v) is 15.1. The summed E-state index contributed by atoms with van der Waals surface area (Å²) < 4.78 is 16.4. The van der Waals surface area contributed by atoms with Gasteiger partial charge in [-0.15, -0.1) is 0 Å². The second-order valence-electron chi connectivity index (χ2n) is 5.92. The van der Waals surface area contributed by atoms with Crippen LogP contribution in [0, 0.1) is 0 Å². The van der Waals surface area contributed by atoms with Crippen LogP contribution in [0.3, 0.4) is 0 Å². The van der Waals surface area contributed by atoms with Crippen LogP contribution in [0.5, 0.6) is 17.2 Å². The molecule has 1 heterocycles. The van der Waals surface area contributed by atoms with Crippen molar-refractivity contribution in [2.24, 2.45) is 0 Å². The molecule has 0 atom stereocenters. The third-order valence-corrected chi connectivity index (χ3v) is 4.00. The van der Waals surface area contributed by atoms with Gasteiger partial charge >= 0.3 is 0 Å². The Bertz CT molecular complexity index is 794. The van der Waals surface area contributed by atoms with Crippen molar-refractivity contribution in [3.8, 4) is 17.2 Å². The summed E-state index contributed by atoms with van der Waals surface area (Å²) in [6.45, 7) is 3.04. The van der Waals surface area contributed by atoms with E-state index in [9.17, 15) is 9.59 Å². The minimum Gasteiger partial charge on any atom is -0.486 e. The standard InChI is InChI=1S/C20H22N2O5/c1-2-22(20(24)14-27-16-6-4-3-5-7-16)13-19(23)21-15-8-9-17-18(12-15)26-11-10-25-17/h3-9,12H,2,10-11,13-14H2,1H3,(H,21,23). The van der Waals surface area contributed by atoms with Gasteiger partial charge in [-0.25, -0.2) is 0 Å². The van der Waals surface area contributed by atoms with Crippen molar-refractivity contribution in [3.63, 3.8) is 0 Å². The fourth-order valence-electron chi connectivity index (χ4n) is 2.62. The second-order valence-corrected chi connectivity index (χ2v) is 5.92. The molecule has 0 fully saturated rings. The molecule has 0 radical (unpaired) electrons. The van der Waals surface area contributed by atoms with Crippen LogP contribution < -0.4 is 19.5 Å². The van der Waals surface area contributed by atoms with E-state index in [-0.39, 0.29) is 25.0 Å². The summed E-state index contributed by atoms with van der Waals surface area (Å²) in [5.41, 5.74) is 0.591. The first-order valence-corrected chi connectivity index (χ1v) is 8.81. The molecule has 27 heavy (non-hydrogen) atoms. The van der Waals surface area contributed by atoms with Gasteiger partial charge in [0.05, 0.1) is 6.54 Å². The Kier molecular flexibility index (Phi) is 6.14. The third kappa shape index (κ3) is 5.13. The van der Waals surface area contributed by atoms with Gasteiger partial charge in [0.2, 0.25) is 5.91 Å². The van der Waals surface area contributed by atoms with Crippen LogP contribution in [-0.2, 0) is 9.59 Å². The number of para-hydroxylation sites is 1. The summed E-state index contributed by atoms with van der Waals surface area (Å²) in [6, 6.07) is 14.3. The highest BCUT2D eigenvalue weighted by Crippen LogP contribution is 2.32. The second kappa shape index (κ2) is 8.93. The van der Waals surface area contributed by atoms with Crippen LogP contribution >= 0.6 is 0 Å². The quantitative estimate of drug-likeness (QED) is 0.809. The first-order chi connectivity index (χ1) is 13.2. The normalized spacial score (nSPS) is 12.2. The molecule has 3 rings (SSSR count). The average molecular weight is 370 g/mol.